The SMILES string of the molecule is CCCNC(c1ccc(Br)cc1Cl)c1cccc(F)c1F. The Hall–Kier alpha value is -0.970. The van der Waals surface area contributed by atoms with Crippen molar-refractivity contribution < 1.29 is 8.78 Å². The molecule has 0 spiro atoms. The Labute approximate surface area is 136 Å². The van der Waals surface area contributed by atoms with Gasteiger partial charge in [0.2, 0.25) is 0 Å². The van der Waals surface area contributed by atoms with Crippen molar-refractivity contribution >= 4 is 27.5 Å². The first-order valence-corrected chi connectivity index (χ1v) is 7.84. The van der Waals surface area contributed by atoms with Crippen LogP contribution in [0.15, 0.2) is 40.9 Å². The van der Waals surface area contributed by atoms with E-state index in [1.807, 2.05) is 19.1 Å². The van der Waals surface area contributed by atoms with Gasteiger partial charge in [0, 0.05) is 15.1 Å². The van der Waals surface area contributed by atoms with E-state index in [4.69, 9.17) is 11.6 Å². The van der Waals surface area contributed by atoms with Crippen molar-refractivity contribution in [1.29, 1.82) is 0 Å². The molecule has 2 aromatic rings. The topological polar surface area (TPSA) is 12.0 Å². The zero-order valence-corrected chi connectivity index (χ0v) is 13.8. The summed E-state index contributed by atoms with van der Waals surface area (Å²) < 4.78 is 28.4. The zero-order chi connectivity index (χ0) is 15.4. The van der Waals surface area contributed by atoms with Gasteiger partial charge < -0.3 is 5.32 Å². The first kappa shape index (κ1) is 16.4. The third-order valence-corrected chi connectivity index (χ3v) is 3.99. The van der Waals surface area contributed by atoms with E-state index in [1.165, 1.54) is 6.07 Å². The molecule has 0 aromatic heterocycles. The van der Waals surface area contributed by atoms with Gasteiger partial charge in [0.1, 0.15) is 0 Å². The van der Waals surface area contributed by atoms with Crippen LogP contribution in [0.1, 0.15) is 30.5 Å². The van der Waals surface area contributed by atoms with Crippen molar-refractivity contribution in [3.8, 4) is 0 Å². The van der Waals surface area contributed by atoms with Gasteiger partial charge >= 0.3 is 0 Å². The molecule has 2 aromatic carbocycles. The zero-order valence-electron chi connectivity index (χ0n) is 11.5. The second-order valence-electron chi connectivity index (χ2n) is 4.70. The summed E-state index contributed by atoms with van der Waals surface area (Å²) >= 11 is 9.60. The molecule has 0 amide bonds. The van der Waals surface area contributed by atoms with Crippen molar-refractivity contribution in [2.24, 2.45) is 0 Å². The first-order valence-electron chi connectivity index (χ1n) is 6.66. The molecule has 0 bridgehead atoms. The summed E-state index contributed by atoms with van der Waals surface area (Å²) in [5, 5.41) is 3.73. The Morgan fingerprint density at radius 1 is 1.19 bits per heavy atom. The van der Waals surface area contributed by atoms with Gasteiger partial charge in [-0.1, -0.05) is 52.7 Å². The molecular weight excluding hydrogens is 360 g/mol. The normalized spacial score (nSPS) is 12.4. The maximum Gasteiger partial charge on any atom is 0.163 e. The van der Waals surface area contributed by atoms with Crippen LogP contribution in [0.4, 0.5) is 8.78 Å². The lowest BCUT2D eigenvalue weighted by Crippen LogP contribution is -2.24. The van der Waals surface area contributed by atoms with Crippen molar-refractivity contribution in [2.75, 3.05) is 6.54 Å². The summed E-state index contributed by atoms with van der Waals surface area (Å²) in [5.41, 5.74) is 0.977. The molecule has 0 fully saturated rings. The van der Waals surface area contributed by atoms with E-state index in [1.54, 1.807) is 12.1 Å². The molecule has 0 heterocycles. The van der Waals surface area contributed by atoms with Gasteiger partial charge in [-0.15, -0.1) is 0 Å². The summed E-state index contributed by atoms with van der Waals surface area (Å²) in [4.78, 5) is 0. The van der Waals surface area contributed by atoms with Crippen LogP contribution in [-0.4, -0.2) is 6.54 Å². The highest BCUT2D eigenvalue weighted by Crippen LogP contribution is 2.32. The highest BCUT2D eigenvalue weighted by atomic mass is 79.9. The fourth-order valence-electron chi connectivity index (χ4n) is 2.16. The van der Waals surface area contributed by atoms with Crippen molar-refractivity contribution in [1.82, 2.24) is 5.32 Å². The summed E-state index contributed by atoms with van der Waals surface area (Å²) in [6.07, 6.45) is 0.877. The summed E-state index contributed by atoms with van der Waals surface area (Å²) in [5.74, 6) is -1.70. The Morgan fingerprint density at radius 2 is 1.95 bits per heavy atom. The third kappa shape index (κ3) is 3.82. The van der Waals surface area contributed by atoms with Crippen LogP contribution >= 0.6 is 27.5 Å². The van der Waals surface area contributed by atoms with E-state index in [-0.39, 0.29) is 5.56 Å². The van der Waals surface area contributed by atoms with Crippen molar-refractivity contribution in [2.45, 2.75) is 19.4 Å². The van der Waals surface area contributed by atoms with E-state index in [0.29, 0.717) is 11.6 Å². The molecule has 0 saturated heterocycles. The van der Waals surface area contributed by atoms with Crippen LogP contribution in [0.5, 0.6) is 0 Å². The molecule has 0 aliphatic carbocycles. The van der Waals surface area contributed by atoms with Gasteiger partial charge in [-0.25, -0.2) is 8.78 Å². The maximum atomic E-state index is 14.1. The van der Waals surface area contributed by atoms with Crippen LogP contribution in [0.2, 0.25) is 5.02 Å². The average Bonchev–Trinajstić information content (AvgIpc) is 2.45. The lowest BCUT2D eigenvalue weighted by Gasteiger charge is -2.21. The Kier molecular flexibility index (Phi) is 5.73. The van der Waals surface area contributed by atoms with E-state index < -0.39 is 17.7 Å². The number of halogens is 4. The Bertz CT molecular complexity index is 634. The van der Waals surface area contributed by atoms with Crippen LogP contribution in [-0.2, 0) is 0 Å². The number of hydrogen-bond donors (Lipinski definition) is 1. The lowest BCUT2D eigenvalue weighted by molar-refractivity contribution is 0.480. The number of nitrogens with one attached hydrogen (secondary N) is 1. The minimum absolute atomic E-state index is 0.257. The second-order valence-corrected chi connectivity index (χ2v) is 6.02. The molecule has 0 saturated carbocycles. The monoisotopic (exact) mass is 373 g/mol. The van der Waals surface area contributed by atoms with Gasteiger partial charge in [-0.05, 0) is 36.7 Å². The molecule has 21 heavy (non-hydrogen) atoms. The van der Waals surface area contributed by atoms with Gasteiger partial charge in [-0.2, -0.15) is 0 Å². The number of hydrogen-bond acceptors (Lipinski definition) is 1. The summed E-state index contributed by atoms with van der Waals surface area (Å²) in [6.45, 7) is 2.68. The van der Waals surface area contributed by atoms with Crippen LogP contribution in [0.3, 0.4) is 0 Å². The highest BCUT2D eigenvalue weighted by Gasteiger charge is 2.21. The van der Waals surface area contributed by atoms with Gasteiger partial charge in [-0.3, -0.25) is 0 Å². The number of rotatable bonds is 5. The first-order chi connectivity index (χ1) is 10.0. The molecule has 2 rings (SSSR count). The Morgan fingerprint density at radius 3 is 2.62 bits per heavy atom. The summed E-state index contributed by atoms with van der Waals surface area (Å²) in [7, 11) is 0. The Balaban J connectivity index is 2.49. The standard InChI is InChI=1S/C16H15BrClF2N/c1-2-8-21-16(11-7-6-10(17)9-13(11)18)12-4-3-5-14(19)15(12)20/h3-7,9,16,21H,2,8H2,1H3. The minimum Gasteiger partial charge on any atom is -0.306 e. The maximum absolute atomic E-state index is 14.1. The van der Waals surface area contributed by atoms with Crippen molar-refractivity contribution in [3.63, 3.8) is 0 Å². The molecule has 0 aliphatic rings. The minimum atomic E-state index is -0.857. The molecule has 0 radical (unpaired) electrons. The smallest absolute Gasteiger partial charge is 0.163 e. The highest BCUT2D eigenvalue weighted by molar-refractivity contribution is 9.10. The second kappa shape index (κ2) is 7.34. The van der Waals surface area contributed by atoms with Crippen LogP contribution in [0, 0.1) is 11.6 Å². The molecule has 1 atom stereocenters. The summed E-state index contributed by atoms with van der Waals surface area (Å²) in [6, 6.07) is 9.09. The predicted molar refractivity (Wildman–Crippen MR) is 85.6 cm³/mol. The molecular formula is C16H15BrClF2N. The molecule has 1 N–H and O–H groups in total. The van der Waals surface area contributed by atoms with Crippen LogP contribution < -0.4 is 5.32 Å². The molecule has 1 nitrogen and oxygen atoms in total. The van der Waals surface area contributed by atoms with E-state index in [9.17, 15) is 8.78 Å². The quantitative estimate of drug-likeness (QED) is 0.732. The predicted octanol–water partition coefficient (Wildman–Crippen LogP) is 5.47. The van der Waals surface area contributed by atoms with Crippen LogP contribution in [0.25, 0.3) is 0 Å². The van der Waals surface area contributed by atoms with E-state index in [2.05, 4.69) is 21.2 Å². The molecule has 1 unspecified atom stereocenters. The molecule has 112 valence electrons. The van der Waals surface area contributed by atoms with Crippen molar-refractivity contribution in [3.05, 3.63) is 68.7 Å². The van der Waals surface area contributed by atoms with E-state index in [0.717, 1.165) is 22.5 Å². The fraction of sp³-hybridized carbons (Fsp3) is 0.250. The fourth-order valence-corrected chi connectivity index (χ4v) is 2.94. The molecule has 0 aliphatic heterocycles. The van der Waals surface area contributed by atoms with E-state index >= 15 is 0 Å². The average molecular weight is 375 g/mol. The third-order valence-electron chi connectivity index (χ3n) is 3.16. The van der Waals surface area contributed by atoms with Gasteiger partial charge in [0.15, 0.2) is 11.6 Å². The van der Waals surface area contributed by atoms with Gasteiger partial charge in [0.05, 0.1) is 6.04 Å². The number of benzene rings is 2. The largest absolute Gasteiger partial charge is 0.306 e. The van der Waals surface area contributed by atoms with Gasteiger partial charge in [0.25, 0.3) is 0 Å². The lowest BCUT2D eigenvalue weighted by atomic mass is 9.97. The molecule has 5 heteroatoms.